The van der Waals surface area contributed by atoms with Crippen LogP contribution in [0.3, 0.4) is 0 Å². The lowest BCUT2D eigenvalue weighted by molar-refractivity contribution is -0.196. The zero-order valence-electron chi connectivity index (χ0n) is 15.0. The van der Waals surface area contributed by atoms with Crippen LogP contribution in [0.4, 0.5) is 4.79 Å². The first-order chi connectivity index (χ1) is 12.5. The zero-order chi connectivity index (χ0) is 19.0. The number of nitrogens with zero attached hydrogens (tertiary/aromatic N) is 1. The Morgan fingerprint density at radius 3 is 2.54 bits per heavy atom. The number of methoxy groups -OCH3 is 2. The average Bonchev–Trinajstić information content (AvgIpc) is 3.11. The molecular formula is C18H24N2O6. The molecule has 1 saturated heterocycles. The first-order valence-corrected chi connectivity index (χ1v) is 8.33. The summed E-state index contributed by atoms with van der Waals surface area (Å²) in [5, 5.41) is 2.46. The highest BCUT2D eigenvalue weighted by Crippen LogP contribution is 2.26. The van der Waals surface area contributed by atoms with E-state index in [0.717, 1.165) is 5.56 Å². The summed E-state index contributed by atoms with van der Waals surface area (Å²) in [7, 11) is 3.03. The Morgan fingerprint density at radius 1 is 1.27 bits per heavy atom. The molecule has 1 fully saturated rings. The number of ether oxygens (including phenoxy) is 3. The Morgan fingerprint density at radius 2 is 1.96 bits per heavy atom. The third kappa shape index (κ3) is 5.03. The fourth-order valence-corrected chi connectivity index (χ4v) is 2.80. The standard InChI is InChI=1S/C18H24N2O6/c1-24-18(25-2)9-10-20(13-18)16(22)15(8-11-21)19-17(23)26-12-14-6-4-3-5-7-14/h3-7,11,15H,8-10,12-13H2,1-2H3,(H,19,23)/t15-/m0/s1. The number of hydrogen-bond acceptors (Lipinski definition) is 6. The summed E-state index contributed by atoms with van der Waals surface area (Å²) in [6, 6.07) is 8.18. The maximum absolute atomic E-state index is 12.7. The van der Waals surface area contributed by atoms with Crippen LogP contribution in [0.1, 0.15) is 18.4 Å². The molecule has 1 atom stereocenters. The smallest absolute Gasteiger partial charge is 0.408 e. The summed E-state index contributed by atoms with van der Waals surface area (Å²) in [6.45, 7) is 0.723. The molecule has 0 spiro atoms. The molecule has 1 aromatic rings. The van der Waals surface area contributed by atoms with Gasteiger partial charge in [0.25, 0.3) is 0 Å². The van der Waals surface area contributed by atoms with Gasteiger partial charge in [0.15, 0.2) is 5.79 Å². The Balaban J connectivity index is 1.92. The molecule has 2 rings (SSSR count). The van der Waals surface area contributed by atoms with Crippen molar-refractivity contribution < 1.29 is 28.6 Å². The molecule has 1 aliphatic rings. The molecule has 142 valence electrons. The predicted molar refractivity (Wildman–Crippen MR) is 92.2 cm³/mol. The van der Waals surface area contributed by atoms with Crippen molar-refractivity contribution in [1.82, 2.24) is 10.2 Å². The van der Waals surface area contributed by atoms with Crippen molar-refractivity contribution in [2.45, 2.75) is 31.3 Å². The topological polar surface area (TPSA) is 94.2 Å². The van der Waals surface area contributed by atoms with E-state index in [-0.39, 0.29) is 25.5 Å². The number of alkyl carbamates (subject to hydrolysis) is 1. The first kappa shape index (κ1) is 19.9. The van der Waals surface area contributed by atoms with Gasteiger partial charge >= 0.3 is 6.09 Å². The van der Waals surface area contributed by atoms with Crippen LogP contribution < -0.4 is 5.32 Å². The van der Waals surface area contributed by atoms with E-state index in [9.17, 15) is 14.4 Å². The number of nitrogens with one attached hydrogen (secondary N) is 1. The molecule has 0 aromatic heterocycles. The second kappa shape index (κ2) is 9.30. The molecule has 0 radical (unpaired) electrons. The monoisotopic (exact) mass is 364 g/mol. The Labute approximate surface area is 152 Å². The van der Waals surface area contributed by atoms with Gasteiger partial charge in [-0.15, -0.1) is 0 Å². The van der Waals surface area contributed by atoms with Gasteiger partial charge in [0.05, 0.1) is 6.54 Å². The van der Waals surface area contributed by atoms with E-state index in [1.54, 1.807) is 0 Å². The minimum atomic E-state index is -0.986. The van der Waals surface area contributed by atoms with Crippen LogP contribution in [0.5, 0.6) is 0 Å². The van der Waals surface area contributed by atoms with Crippen LogP contribution in [0.25, 0.3) is 0 Å². The van der Waals surface area contributed by atoms with Crippen molar-refractivity contribution in [3.63, 3.8) is 0 Å². The molecule has 2 amide bonds. The fourth-order valence-electron chi connectivity index (χ4n) is 2.80. The van der Waals surface area contributed by atoms with E-state index in [2.05, 4.69) is 5.32 Å². The molecule has 0 saturated carbocycles. The Kier molecular flexibility index (Phi) is 7.11. The summed E-state index contributed by atoms with van der Waals surface area (Å²) in [5.74, 6) is -1.22. The highest BCUT2D eigenvalue weighted by molar-refractivity contribution is 5.88. The lowest BCUT2D eigenvalue weighted by atomic mass is 10.2. The Hall–Kier alpha value is -2.45. The quantitative estimate of drug-likeness (QED) is 0.548. The number of hydrogen-bond donors (Lipinski definition) is 1. The van der Waals surface area contributed by atoms with E-state index in [4.69, 9.17) is 14.2 Å². The van der Waals surface area contributed by atoms with Crippen molar-refractivity contribution in [3.05, 3.63) is 35.9 Å². The molecule has 0 aliphatic carbocycles. The summed E-state index contributed by atoms with van der Waals surface area (Å²) in [5.41, 5.74) is 0.824. The van der Waals surface area contributed by atoms with Crippen molar-refractivity contribution >= 4 is 18.3 Å². The molecular weight excluding hydrogens is 340 g/mol. The molecule has 1 aromatic carbocycles. The van der Waals surface area contributed by atoms with Crippen LogP contribution >= 0.6 is 0 Å². The molecule has 1 aliphatic heterocycles. The predicted octanol–water partition coefficient (Wildman–Crippen LogP) is 1.09. The maximum atomic E-state index is 12.7. The highest BCUT2D eigenvalue weighted by atomic mass is 16.7. The van der Waals surface area contributed by atoms with Crippen LogP contribution in [-0.2, 0) is 30.4 Å². The van der Waals surface area contributed by atoms with Gasteiger partial charge in [0.2, 0.25) is 5.91 Å². The molecule has 1 N–H and O–H groups in total. The number of amides is 2. The summed E-state index contributed by atoms with van der Waals surface area (Å²) >= 11 is 0. The number of carbonyl (C=O) groups is 3. The molecule has 8 nitrogen and oxygen atoms in total. The van der Waals surface area contributed by atoms with Crippen molar-refractivity contribution in [3.8, 4) is 0 Å². The number of benzene rings is 1. The Bertz CT molecular complexity index is 617. The normalized spacial score (nSPS) is 16.8. The summed E-state index contributed by atoms with van der Waals surface area (Å²) in [6.07, 6.45) is 0.217. The van der Waals surface area contributed by atoms with Gasteiger partial charge in [-0.3, -0.25) is 4.79 Å². The number of likely N-dealkylation sites (tertiary alicyclic amines) is 1. The molecule has 1 heterocycles. The van der Waals surface area contributed by atoms with Gasteiger partial charge in [-0.2, -0.15) is 0 Å². The minimum Gasteiger partial charge on any atom is -0.445 e. The largest absolute Gasteiger partial charge is 0.445 e. The van der Waals surface area contributed by atoms with Crippen LogP contribution in [0.15, 0.2) is 30.3 Å². The van der Waals surface area contributed by atoms with E-state index in [1.165, 1.54) is 19.1 Å². The van der Waals surface area contributed by atoms with Crippen molar-refractivity contribution in [1.29, 1.82) is 0 Å². The molecule has 0 unspecified atom stereocenters. The molecule has 8 heteroatoms. The lowest BCUT2D eigenvalue weighted by Gasteiger charge is -2.27. The summed E-state index contributed by atoms with van der Waals surface area (Å²) in [4.78, 5) is 37.1. The maximum Gasteiger partial charge on any atom is 0.408 e. The van der Waals surface area contributed by atoms with Gasteiger partial charge in [0.1, 0.15) is 18.9 Å². The zero-order valence-corrected chi connectivity index (χ0v) is 15.0. The minimum absolute atomic E-state index is 0.0782. The summed E-state index contributed by atoms with van der Waals surface area (Å²) < 4.78 is 15.8. The van der Waals surface area contributed by atoms with E-state index < -0.39 is 17.9 Å². The van der Waals surface area contributed by atoms with Crippen LogP contribution in [-0.4, -0.2) is 62.3 Å². The van der Waals surface area contributed by atoms with E-state index in [1.807, 2.05) is 30.3 Å². The van der Waals surface area contributed by atoms with Gasteiger partial charge < -0.3 is 29.2 Å². The lowest BCUT2D eigenvalue weighted by Crippen LogP contribution is -2.49. The molecule has 0 bridgehead atoms. The number of aldehydes is 1. The SMILES string of the molecule is COC1(OC)CCN(C(=O)[C@H](CC=O)NC(=O)OCc2ccccc2)C1. The average molecular weight is 364 g/mol. The van der Waals surface area contributed by atoms with E-state index >= 15 is 0 Å². The van der Waals surface area contributed by atoms with Gasteiger partial charge in [-0.25, -0.2) is 4.79 Å². The second-order valence-electron chi connectivity index (χ2n) is 5.99. The number of carbonyl (C=O) groups excluding carboxylic acids is 3. The van der Waals surface area contributed by atoms with Crippen molar-refractivity contribution in [2.24, 2.45) is 0 Å². The van der Waals surface area contributed by atoms with Gasteiger partial charge in [0, 0.05) is 33.6 Å². The van der Waals surface area contributed by atoms with E-state index in [0.29, 0.717) is 19.3 Å². The fraction of sp³-hybridized carbons (Fsp3) is 0.500. The second-order valence-corrected chi connectivity index (χ2v) is 5.99. The van der Waals surface area contributed by atoms with Crippen molar-refractivity contribution in [2.75, 3.05) is 27.3 Å². The first-order valence-electron chi connectivity index (χ1n) is 8.33. The molecule has 26 heavy (non-hydrogen) atoms. The highest BCUT2D eigenvalue weighted by Gasteiger charge is 2.42. The third-order valence-corrected chi connectivity index (χ3v) is 4.38. The van der Waals surface area contributed by atoms with Gasteiger partial charge in [-0.05, 0) is 5.56 Å². The number of rotatable bonds is 8. The van der Waals surface area contributed by atoms with Crippen LogP contribution in [0.2, 0.25) is 0 Å². The van der Waals surface area contributed by atoms with Gasteiger partial charge in [-0.1, -0.05) is 30.3 Å². The van der Waals surface area contributed by atoms with Crippen LogP contribution in [0, 0.1) is 0 Å². The third-order valence-electron chi connectivity index (χ3n) is 4.38.